The fourth-order valence-corrected chi connectivity index (χ4v) is 3.14. The van der Waals surface area contributed by atoms with Gasteiger partial charge in [0.15, 0.2) is 6.61 Å². The van der Waals surface area contributed by atoms with Crippen LogP contribution in [0, 0.1) is 5.92 Å². The van der Waals surface area contributed by atoms with Crippen LogP contribution in [-0.4, -0.2) is 28.6 Å². The number of hydrogen-bond donors (Lipinski definition) is 2. The van der Waals surface area contributed by atoms with Gasteiger partial charge in [0.2, 0.25) is 0 Å². The van der Waals surface area contributed by atoms with Crippen LogP contribution in [-0.2, 0) is 4.79 Å². The predicted molar refractivity (Wildman–Crippen MR) is 89.8 cm³/mol. The first kappa shape index (κ1) is 17.6. The molecule has 1 aliphatic carbocycles. The molecule has 124 valence electrons. The van der Waals surface area contributed by atoms with Crippen molar-refractivity contribution >= 4 is 40.5 Å². The van der Waals surface area contributed by atoms with E-state index in [1.807, 2.05) is 6.08 Å². The smallest absolute Gasteiger partial charge is 0.341 e. The van der Waals surface area contributed by atoms with Crippen LogP contribution in [0.5, 0.6) is 5.75 Å². The number of hydrogen-bond acceptors (Lipinski definition) is 4. The molecule has 0 fully saturated rings. The molecule has 0 heterocycles. The highest BCUT2D eigenvalue weighted by atomic mass is 35.5. The first-order valence-electron chi connectivity index (χ1n) is 7.23. The highest BCUT2D eigenvalue weighted by Crippen LogP contribution is 2.42. The molecule has 1 aromatic carbocycles. The van der Waals surface area contributed by atoms with E-state index in [2.05, 4.69) is 12.1 Å². The summed E-state index contributed by atoms with van der Waals surface area (Å²) in [5.74, 6) is -0.575. The van der Waals surface area contributed by atoms with Gasteiger partial charge in [-0.25, -0.2) is 4.79 Å². The summed E-state index contributed by atoms with van der Waals surface area (Å²) in [7, 11) is 0. The van der Waals surface area contributed by atoms with Gasteiger partial charge in [-0.3, -0.25) is 0 Å². The highest BCUT2D eigenvalue weighted by Gasteiger charge is 2.24. The van der Waals surface area contributed by atoms with Crippen molar-refractivity contribution < 1.29 is 19.8 Å². The fraction of sp³-hybridized carbons (Fsp3) is 0.375. The number of allylic oxidation sites excluding steroid dienone is 2. The number of oxime groups is 1. The second kappa shape index (κ2) is 7.70. The topological polar surface area (TPSA) is 79.1 Å². The molecule has 0 aliphatic heterocycles. The van der Waals surface area contributed by atoms with E-state index in [0.717, 1.165) is 24.0 Å². The number of carboxylic acid groups (broad SMARTS) is 1. The normalized spacial score (nSPS) is 19.5. The van der Waals surface area contributed by atoms with Crippen LogP contribution in [0.3, 0.4) is 0 Å². The van der Waals surface area contributed by atoms with E-state index in [9.17, 15) is 4.79 Å². The Balaban J connectivity index is 2.41. The Bertz CT molecular complexity index is 670. The third-order valence-corrected chi connectivity index (χ3v) is 4.71. The summed E-state index contributed by atoms with van der Waals surface area (Å²) in [5, 5.41) is 21.4. The number of halogens is 2. The summed E-state index contributed by atoms with van der Waals surface area (Å²) in [6.07, 6.45) is 4.33. The summed E-state index contributed by atoms with van der Waals surface area (Å²) in [5.41, 5.74) is 2.30. The lowest BCUT2D eigenvalue weighted by molar-refractivity contribution is -0.139. The monoisotopic (exact) mass is 357 g/mol. The largest absolute Gasteiger partial charge is 0.480 e. The van der Waals surface area contributed by atoms with Crippen LogP contribution in [0.15, 0.2) is 23.4 Å². The average molecular weight is 358 g/mol. The van der Waals surface area contributed by atoms with E-state index < -0.39 is 12.6 Å². The molecule has 1 aromatic rings. The molecule has 5 nitrogen and oxygen atoms in total. The maximum absolute atomic E-state index is 10.6. The van der Waals surface area contributed by atoms with Crippen molar-refractivity contribution in [3.8, 4) is 5.75 Å². The minimum absolute atomic E-state index is 0.175. The average Bonchev–Trinajstić information content (AvgIpc) is 2.55. The van der Waals surface area contributed by atoms with Crippen LogP contribution in [0.4, 0.5) is 0 Å². The van der Waals surface area contributed by atoms with Gasteiger partial charge in [-0.1, -0.05) is 35.3 Å². The van der Waals surface area contributed by atoms with Crippen LogP contribution < -0.4 is 4.74 Å². The van der Waals surface area contributed by atoms with E-state index in [1.54, 1.807) is 12.1 Å². The molecule has 23 heavy (non-hydrogen) atoms. The van der Waals surface area contributed by atoms with E-state index in [4.69, 9.17) is 38.3 Å². The molecular weight excluding hydrogens is 341 g/mol. The zero-order chi connectivity index (χ0) is 17.0. The number of benzene rings is 1. The van der Waals surface area contributed by atoms with Crippen molar-refractivity contribution in [3.05, 3.63) is 33.8 Å². The van der Waals surface area contributed by atoms with Gasteiger partial charge in [0.25, 0.3) is 0 Å². The second-order valence-electron chi connectivity index (χ2n) is 5.26. The van der Waals surface area contributed by atoms with Crippen molar-refractivity contribution in [1.29, 1.82) is 0 Å². The van der Waals surface area contributed by atoms with Crippen LogP contribution >= 0.6 is 23.2 Å². The molecule has 1 unspecified atom stereocenters. The Morgan fingerprint density at radius 1 is 1.39 bits per heavy atom. The molecule has 1 aliphatic rings. The standard InChI is InChI=1S/C16H17Cl2NO4/c1-2-9-3-4-10(19-22)7-12(9)11-5-6-13(16(18)15(11)17)23-8-14(20)21/h5-7,9,22H,2-4,8H2,1H3,(H,20,21). The SMILES string of the molecule is CCC1CCC(=NO)C=C1c1ccc(OCC(=O)O)c(Cl)c1Cl. The van der Waals surface area contributed by atoms with E-state index in [1.165, 1.54) is 0 Å². The lowest BCUT2D eigenvalue weighted by Gasteiger charge is -2.25. The van der Waals surface area contributed by atoms with Crippen molar-refractivity contribution in [1.82, 2.24) is 0 Å². The molecule has 0 spiro atoms. The number of ether oxygens (including phenoxy) is 1. The lowest BCUT2D eigenvalue weighted by atomic mass is 9.81. The predicted octanol–water partition coefficient (Wildman–Crippen LogP) is 4.49. The van der Waals surface area contributed by atoms with Gasteiger partial charge < -0.3 is 15.1 Å². The van der Waals surface area contributed by atoms with Gasteiger partial charge in [0.05, 0.1) is 10.7 Å². The summed E-state index contributed by atoms with van der Waals surface area (Å²) in [4.78, 5) is 10.6. The van der Waals surface area contributed by atoms with Gasteiger partial charge in [-0.15, -0.1) is 0 Å². The molecule has 0 radical (unpaired) electrons. The number of carbonyl (C=O) groups is 1. The number of aliphatic carboxylic acids is 1. The lowest BCUT2D eigenvalue weighted by Crippen LogP contribution is -2.14. The van der Waals surface area contributed by atoms with Crippen LogP contribution in [0.1, 0.15) is 31.7 Å². The van der Waals surface area contributed by atoms with Crippen molar-refractivity contribution in [2.24, 2.45) is 11.1 Å². The number of nitrogens with zero attached hydrogens (tertiary/aromatic N) is 1. The Labute approximate surface area is 144 Å². The Morgan fingerprint density at radius 2 is 2.13 bits per heavy atom. The van der Waals surface area contributed by atoms with E-state index in [0.29, 0.717) is 23.1 Å². The Hall–Kier alpha value is -1.72. The first-order valence-corrected chi connectivity index (χ1v) is 7.99. The van der Waals surface area contributed by atoms with Crippen LogP contribution in [0.25, 0.3) is 5.57 Å². The van der Waals surface area contributed by atoms with Gasteiger partial charge >= 0.3 is 5.97 Å². The quantitative estimate of drug-likeness (QED) is 0.600. The van der Waals surface area contributed by atoms with Crippen molar-refractivity contribution in [2.45, 2.75) is 26.2 Å². The second-order valence-corrected chi connectivity index (χ2v) is 6.01. The zero-order valence-corrected chi connectivity index (χ0v) is 14.1. The molecule has 0 saturated carbocycles. The number of rotatable bonds is 5. The molecule has 0 amide bonds. The van der Waals surface area contributed by atoms with Crippen LogP contribution in [0.2, 0.25) is 10.0 Å². The summed E-state index contributed by atoms with van der Waals surface area (Å²) in [6, 6.07) is 3.35. The molecular formula is C16H17Cl2NO4. The van der Waals surface area contributed by atoms with E-state index >= 15 is 0 Å². The minimum Gasteiger partial charge on any atom is -0.480 e. The summed E-state index contributed by atoms with van der Waals surface area (Å²) in [6.45, 7) is 1.59. The molecule has 0 saturated heterocycles. The molecule has 2 rings (SSSR count). The number of carboxylic acids is 1. The van der Waals surface area contributed by atoms with Gasteiger partial charge in [0, 0.05) is 0 Å². The Kier molecular flexibility index (Phi) is 5.91. The molecule has 1 atom stereocenters. The van der Waals surface area contributed by atoms with Gasteiger partial charge in [-0.2, -0.15) is 0 Å². The third-order valence-electron chi connectivity index (χ3n) is 3.84. The zero-order valence-electron chi connectivity index (χ0n) is 12.6. The summed E-state index contributed by atoms with van der Waals surface area (Å²) >= 11 is 12.6. The third kappa shape index (κ3) is 3.98. The van der Waals surface area contributed by atoms with E-state index in [-0.39, 0.29) is 10.8 Å². The maximum atomic E-state index is 10.6. The van der Waals surface area contributed by atoms with Gasteiger partial charge in [-0.05, 0) is 54.5 Å². The molecule has 2 N–H and O–H groups in total. The van der Waals surface area contributed by atoms with Gasteiger partial charge in [0.1, 0.15) is 10.8 Å². The van der Waals surface area contributed by atoms with Crippen molar-refractivity contribution in [2.75, 3.05) is 6.61 Å². The maximum Gasteiger partial charge on any atom is 0.341 e. The minimum atomic E-state index is -1.09. The summed E-state index contributed by atoms with van der Waals surface area (Å²) < 4.78 is 5.12. The Morgan fingerprint density at radius 3 is 2.74 bits per heavy atom. The molecule has 7 heteroatoms. The first-order chi connectivity index (χ1) is 11.0. The molecule has 0 aromatic heterocycles. The molecule has 0 bridgehead atoms. The fourth-order valence-electron chi connectivity index (χ4n) is 2.65. The van der Waals surface area contributed by atoms with Crippen molar-refractivity contribution in [3.63, 3.8) is 0 Å². The highest BCUT2D eigenvalue weighted by molar-refractivity contribution is 6.44.